The van der Waals surface area contributed by atoms with E-state index in [-0.39, 0.29) is 23.8 Å². The SMILES string of the molecule is CCC1OC(n2c3ccc(C)cc3c3c4c(c5c6cc(OC)c(OC)cc6[nH]c5c32)C(=O)N(B(C)O)C4=O)C(C)C(C)C1C. The predicted octanol–water partition coefficient (Wildman–Crippen LogP) is 6.68. The first-order valence-corrected chi connectivity index (χ1v) is 15.4. The lowest BCUT2D eigenvalue weighted by molar-refractivity contribution is -0.164. The van der Waals surface area contributed by atoms with Crippen LogP contribution in [0.4, 0.5) is 0 Å². The van der Waals surface area contributed by atoms with Gasteiger partial charge in [0.2, 0.25) is 0 Å². The number of fused-ring (bicyclic) bond motifs is 10. The molecule has 10 heteroatoms. The smallest absolute Gasteiger partial charge is 0.419 e. The Labute approximate surface area is 256 Å². The van der Waals surface area contributed by atoms with Crippen LogP contribution in [0.2, 0.25) is 6.82 Å². The van der Waals surface area contributed by atoms with E-state index in [4.69, 9.17) is 14.2 Å². The second-order valence-electron chi connectivity index (χ2n) is 12.7. The Morgan fingerprint density at radius 1 is 0.932 bits per heavy atom. The van der Waals surface area contributed by atoms with Gasteiger partial charge in [-0.25, -0.2) is 0 Å². The predicted molar refractivity (Wildman–Crippen MR) is 173 cm³/mol. The van der Waals surface area contributed by atoms with Crippen LogP contribution >= 0.6 is 0 Å². The minimum atomic E-state index is -1.29. The molecule has 4 heterocycles. The molecule has 5 unspecified atom stereocenters. The van der Waals surface area contributed by atoms with Gasteiger partial charge in [-0.1, -0.05) is 39.3 Å². The zero-order chi connectivity index (χ0) is 31.4. The van der Waals surface area contributed by atoms with Gasteiger partial charge in [-0.05, 0) is 50.2 Å². The van der Waals surface area contributed by atoms with Gasteiger partial charge in [0, 0.05) is 33.5 Å². The normalized spacial score (nSPS) is 23.8. The largest absolute Gasteiger partial charge is 0.493 e. The molecule has 0 spiro atoms. The monoisotopic (exact) mass is 595 g/mol. The van der Waals surface area contributed by atoms with Crippen LogP contribution in [-0.2, 0) is 4.74 Å². The highest BCUT2D eigenvalue weighted by Gasteiger charge is 2.46. The van der Waals surface area contributed by atoms with Gasteiger partial charge in [0.1, 0.15) is 6.23 Å². The van der Waals surface area contributed by atoms with Crippen molar-refractivity contribution in [2.75, 3.05) is 14.2 Å². The Balaban J connectivity index is 1.72. The number of aromatic amines is 1. The van der Waals surface area contributed by atoms with E-state index < -0.39 is 18.9 Å². The van der Waals surface area contributed by atoms with Crippen LogP contribution in [0.3, 0.4) is 0 Å². The summed E-state index contributed by atoms with van der Waals surface area (Å²) in [5.41, 5.74) is 4.81. The average molecular weight is 596 g/mol. The van der Waals surface area contributed by atoms with Crippen molar-refractivity contribution in [1.82, 2.24) is 14.4 Å². The van der Waals surface area contributed by atoms with Crippen molar-refractivity contribution in [1.29, 1.82) is 0 Å². The van der Waals surface area contributed by atoms with Gasteiger partial charge >= 0.3 is 7.05 Å². The molecule has 0 saturated carbocycles. The summed E-state index contributed by atoms with van der Waals surface area (Å²) in [7, 11) is 1.86. The van der Waals surface area contributed by atoms with Crippen molar-refractivity contribution >= 4 is 62.5 Å². The van der Waals surface area contributed by atoms with Crippen molar-refractivity contribution in [2.45, 2.75) is 60.2 Å². The maximum atomic E-state index is 14.2. The summed E-state index contributed by atoms with van der Waals surface area (Å²) >= 11 is 0. The number of methoxy groups -OCH3 is 2. The number of hydrogen-bond acceptors (Lipinski definition) is 6. The number of hydrogen-bond donors (Lipinski definition) is 2. The van der Waals surface area contributed by atoms with Crippen molar-refractivity contribution in [3.8, 4) is 11.5 Å². The van der Waals surface area contributed by atoms with E-state index in [1.165, 1.54) is 6.82 Å². The topological polar surface area (TPSA) is 106 Å². The molecule has 3 aromatic carbocycles. The van der Waals surface area contributed by atoms with E-state index in [0.29, 0.717) is 39.7 Å². The summed E-state index contributed by atoms with van der Waals surface area (Å²) in [6.45, 7) is 12.4. The Morgan fingerprint density at radius 2 is 1.59 bits per heavy atom. The number of nitrogens with one attached hydrogen (secondary N) is 1. The van der Waals surface area contributed by atoms with Gasteiger partial charge in [0.15, 0.2) is 11.5 Å². The lowest BCUT2D eigenvalue weighted by Crippen LogP contribution is -2.42. The fourth-order valence-electron chi connectivity index (χ4n) is 7.77. The molecule has 0 radical (unpaired) electrons. The Bertz CT molecular complexity index is 2020. The number of nitrogens with zero attached hydrogens (tertiary/aromatic N) is 2. The molecule has 5 aromatic rings. The average Bonchev–Trinajstić information content (AvgIpc) is 3.61. The Morgan fingerprint density at radius 3 is 2.23 bits per heavy atom. The first kappa shape index (κ1) is 28.7. The molecule has 9 nitrogen and oxygen atoms in total. The molecule has 0 bridgehead atoms. The summed E-state index contributed by atoms with van der Waals surface area (Å²) in [5, 5.41) is 13.5. The van der Waals surface area contributed by atoms with Crippen LogP contribution in [0.25, 0.3) is 43.6 Å². The van der Waals surface area contributed by atoms with E-state index >= 15 is 0 Å². The molecule has 2 amide bonds. The van der Waals surface area contributed by atoms with Crippen molar-refractivity contribution in [3.63, 3.8) is 0 Å². The number of rotatable bonds is 5. The molecule has 1 saturated heterocycles. The van der Waals surface area contributed by atoms with Gasteiger partial charge in [-0.2, -0.15) is 0 Å². The van der Waals surface area contributed by atoms with Crippen molar-refractivity contribution in [2.24, 2.45) is 17.8 Å². The third-order valence-electron chi connectivity index (χ3n) is 10.4. The number of ether oxygens (including phenoxy) is 3. The third kappa shape index (κ3) is 3.67. The van der Waals surface area contributed by atoms with Crippen LogP contribution < -0.4 is 9.47 Å². The molecule has 1 fully saturated rings. The highest BCUT2D eigenvalue weighted by atomic mass is 16.5. The molecule has 2 aliphatic heterocycles. The summed E-state index contributed by atoms with van der Waals surface area (Å²) in [5.74, 6) is 0.950. The highest BCUT2D eigenvalue weighted by molar-refractivity contribution is 6.59. The number of carbonyl (C=O) groups excluding carboxylic acids is 2. The molecule has 7 rings (SSSR count). The van der Waals surface area contributed by atoms with Crippen LogP contribution in [0.1, 0.15) is 66.6 Å². The van der Waals surface area contributed by atoms with E-state index in [1.807, 2.05) is 19.1 Å². The summed E-state index contributed by atoms with van der Waals surface area (Å²) in [6.07, 6.45) is 0.642. The van der Waals surface area contributed by atoms with Gasteiger partial charge in [0.25, 0.3) is 11.8 Å². The quantitative estimate of drug-likeness (QED) is 0.174. The number of aryl methyl sites for hydroxylation is 1. The summed E-state index contributed by atoms with van der Waals surface area (Å²) < 4.78 is 20.5. The fraction of sp³-hybridized carbons (Fsp3) is 0.412. The van der Waals surface area contributed by atoms with Gasteiger partial charge < -0.3 is 28.8 Å². The first-order valence-electron chi connectivity index (χ1n) is 15.4. The van der Waals surface area contributed by atoms with Gasteiger partial charge in [0.05, 0.1) is 53.5 Å². The Kier molecular flexibility index (Phi) is 6.53. The van der Waals surface area contributed by atoms with Crippen LogP contribution in [0.15, 0.2) is 30.3 Å². The lowest BCUT2D eigenvalue weighted by Gasteiger charge is -2.44. The number of H-pyrrole nitrogens is 1. The molecule has 228 valence electrons. The molecule has 0 aliphatic carbocycles. The van der Waals surface area contributed by atoms with E-state index in [0.717, 1.165) is 49.6 Å². The lowest BCUT2D eigenvalue weighted by atomic mass is 9.77. The zero-order valence-electron chi connectivity index (χ0n) is 26.4. The molecule has 44 heavy (non-hydrogen) atoms. The van der Waals surface area contributed by atoms with Gasteiger partial charge in [-0.15, -0.1) is 0 Å². The summed E-state index contributed by atoms with van der Waals surface area (Å²) in [4.78, 5) is 32.9. The molecular formula is C34H38BN3O6. The number of imide groups is 1. The molecule has 2 aromatic heterocycles. The highest BCUT2D eigenvalue weighted by Crippen LogP contribution is 2.50. The summed E-state index contributed by atoms with van der Waals surface area (Å²) in [6, 6.07) is 9.94. The molecule has 5 atom stereocenters. The zero-order valence-corrected chi connectivity index (χ0v) is 26.4. The molecular weight excluding hydrogens is 557 g/mol. The number of carbonyl (C=O) groups is 2. The van der Waals surface area contributed by atoms with Crippen molar-refractivity contribution in [3.05, 3.63) is 47.0 Å². The molecule has 2 N–H and O–H groups in total. The number of benzene rings is 3. The standard InChI is InChI=1S/C34H38BN3O6/c1-9-23-17(4)16(3)18(5)34(44-23)37-22-11-10-15(2)12-20(22)27-29-28(32(39)38(33(29)40)35(6)41)26-19-13-24(42-7)25(43-8)14-21(19)36-30(26)31(27)37/h10-14,16-18,23,34,36,41H,9H2,1-8H3. The molecule has 2 aliphatic rings. The van der Waals surface area contributed by atoms with E-state index in [2.05, 4.69) is 55.4 Å². The maximum absolute atomic E-state index is 14.2. The maximum Gasteiger partial charge on any atom is 0.419 e. The minimum absolute atomic E-state index is 0.0687. The number of amides is 2. The second kappa shape index (κ2) is 10.0. The van der Waals surface area contributed by atoms with Crippen molar-refractivity contribution < 1.29 is 28.8 Å². The van der Waals surface area contributed by atoms with E-state index in [9.17, 15) is 14.6 Å². The fourth-order valence-corrected chi connectivity index (χ4v) is 7.77. The van der Waals surface area contributed by atoms with Gasteiger partial charge in [-0.3, -0.25) is 14.4 Å². The third-order valence-corrected chi connectivity index (χ3v) is 10.4. The van der Waals surface area contributed by atoms with Crippen LogP contribution in [-0.4, -0.2) is 58.6 Å². The van der Waals surface area contributed by atoms with E-state index in [1.54, 1.807) is 14.2 Å². The second-order valence-corrected chi connectivity index (χ2v) is 12.7. The van der Waals surface area contributed by atoms with Crippen LogP contribution in [0, 0.1) is 24.7 Å². The van der Waals surface area contributed by atoms with Crippen LogP contribution in [0.5, 0.6) is 11.5 Å². The first-order chi connectivity index (χ1) is 21.0. The number of aromatic nitrogens is 2. The Hall–Kier alpha value is -4.02. The minimum Gasteiger partial charge on any atom is -0.493 e.